The number of aliphatic hydroxyl groups excluding tert-OH is 1. The van der Waals surface area contributed by atoms with Gasteiger partial charge in [0.2, 0.25) is 0 Å². The van der Waals surface area contributed by atoms with Gasteiger partial charge in [-0.2, -0.15) is 0 Å². The van der Waals surface area contributed by atoms with Crippen LogP contribution >= 0.6 is 11.6 Å². The predicted octanol–water partition coefficient (Wildman–Crippen LogP) is 3.63. The number of aliphatic hydroxyl groups is 1. The molecule has 2 aromatic rings. The zero-order chi connectivity index (χ0) is 14.5. The molecule has 0 saturated carbocycles. The summed E-state index contributed by atoms with van der Waals surface area (Å²) in [6.07, 6.45) is 0.196. The summed E-state index contributed by atoms with van der Waals surface area (Å²) in [5.41, 5.74) is 1.61. The molecule has 0 aliphatic carbocycles. The first kappa shape index (κ1) is 14.8. The first-order valence-electron chi connectivity index (χ1n) is 6.33. The highest BCUT2D eigenvalue weighted by atomic mass is 35.5. The minimum Gasteiger partial charge on any atom is -0.497 e. The third-order valence-electron chi connectivity index (χ3n) is 3.09. The Morgan fingerprint density at radius 1 is 1.15 bits per heavy atom. The van der Waals surface area contributed by atoms with Crippen LogP contribution in [-0.4, -0.2) is 18.3 Å². The van der Waals surface area contributed by atoms with Crippen molar-refractivity contribution >= 4 is 11.6 Å². The van der Waals surface area contributed by atoms with Crippen LogP contribution in [0.4, 0.5) is 4.39 Å². The average Bonchev–Trinajstić information content (AvgIpc) is 2.43. The van der Waals surface area contributed by atoms with Gasteiger partial charge in [-0.3, -0.25) is 0 Å². The Balaban J connectivity index is 2.00. The molecule has 0 aromatic heterocycles. The third kappa shape index (κ3) is 3.95. The van der Waals surface area contributed by atoms with E-state index in [0.717, 1.165) is 11.3 Å². The molecule has 0 heterocycles. The summed E-state index contributed by atoms with van der Waals surface area (Å²) < 4.78 is 18.2. The van der Waals surface area contributed by atoms with Gasteiger partial charge in [-0.15, -0.1) is 0 Å². The van der Waals surface area contributed by atoms with Gasteiger partial charge >= 0.3 is 0 Å². The van der Waals surface area contributed by atoms with Crippen LogP contribution < -0.4 is 4.74 Å². The molecule has 0 spiro atoms. The lowest BCUT2D eigenvalue weighted by atomic mass is 10.0. The van der Waals surface area contributed by atoms with Gasteiger partial charge < -0.3 is 9.84 Å². The number of halogens is 2. The van der Waals surface area contributed by atoms with E-state index < -0.39 is 6.10 Å². The second-order valence-corrected chi connectivity index (χ2v) is 5.05. The van der Waals surface area contributed by atoms with Gasteiger partial charge in [-0.05, 0) is 47.9 Å². The van der Waals surface area contributed by atoms with Crippen molar-refractivity contribution in [1.82, 2.24) is 0 Å². The van der Waals surface area contributed by atoms with E-state index in [1.54, 1.807) is 7.11 Å². The largest absolute Gasteiger partial charge is 0.497 e. The standard InChI is InChI=1S/C16H16ClFO2/c1-20-15-5-2-11(3-6-15)8-14(19)10-12-9-13(18)4-7-16(12)17/h2-7,9,14,19H,8,10H2,1H3. The number of rotatable bonds is 5. The summed E-state index contributed by atoms with van der Waals surface area (Å²) in [5.74, 6) is 0.428. The number of ether oxygens (including phenoxy) is 1. The highest BCUT2D eigenvalue weighted by molar-refractivity contribution is 6.31. The summed E-state index contributed by atoms with van der Waals surface area (Å²) in [5, 5.41) is 10.6. The van der Waals surface area contributed by atoms with Crippen molar-refractivity contribution in [3.8, 4) is 5.75 Å². The molecule has 1 N–H and O–H groups in total. The van der Waals surface area contributed by atoms with Crippen LogP contribution in [-0.2, 0) is 12.8 Å². The topological polar surface area (TPSA) is 29.5 Å². The van der Waals surface area contributed by atoms with E-state index in [9.17, 15) is 9.50 Å². The molecule has 0 aliphatic heterocycles. The molecule has 0 radical (unpaired) electrons. The van der Waals surface area contributed by atoms with E-state index in [1.165, 1.54) is 18.2 Å². The molecular formula is C16H16ClFO2. The van der Waals surface area contributed by atoms with Gasteiger partial charge in [0.05, 0.1) is 13.2 Å². The van der Waals surface area contributed by atoms with Gasteiger partial charge in [0.1, 0.15) is 11.6 Å². The molecule has 0 bridgehead atoms. The maximum Gasteiger partial charge on any atom is 0.123 e. The van der Waals surface area contributed by atoms with Crippen molar-refractivity contribution in [2.24, 2.45) is 0 Å². The second-order valence-electron chi connectivity index (χ2n) is 4.65. The van der Waals surface area contributed by atoms with Gasteiger partial charge in [0.25, 0.3) is 0 Å². The molecule has 0 saturated heterocycles. The minimum absolute atomic E-state index is 0.322. The summed E-state index contributed by atoms with van der Waals surface area (Å²) >= 11 is 5.99. The van der Waals surface area contributed by atoms with Crippen LogP contribution in [0.25, 0.3) is 0 Å². The fourth-order valence-electron chi connectivity index (χ4n) is 2.06. The van der Waals surface area contributed by atoms with Gasteiger partial charge in [0, 0.05) is 11.4 Å². The number of methoxy groups -OCH3 is 1. The highest BCUT2D eigenvalue weighted by Crippen LogP contribution is 2.20. The maximum absolute atomic E-state index is 13.2. The SMILES string of the molecule is COc1ccc(CC(O)Cc2cc(F)ccc2Cl)cc1. The minimum atomic E-state index is -0.609. The maximum atomic E-state index is 13.2. The average molecular weight is 295 g/mol. The first-order valence-corrected chi connectivity index (χ1v) is 6.71. The quantitative estimate of drug-likeness (QED) is 0.912. The lowest BCUT2D eigenvalue weighted by Gasteiger charge is -2.12. The Morgan fingerprint density at radius 2 is 1.85 bits per heavy atom. The van der Waals surface area contributed by atoms with Crippen LogP contribution in [0.1, 0.15) is 11.1 Å². The molecule has 0 fully saturated rings. The van der Waals surface area contributed by atoms with E-state index >= 15 is 0 Å². The molecule has 4 heteroatoms. The van der Waals surface area contributed by atoms with Crippen LogP contribution in [0.5, 0.6) is 5.75 Å². The van der Waals surface area contributed by atoms with Crippen molar-refractivity contribution in [3.63, 3.8) is 0 Å². The lowest BCUT2D eigenvalue weighted by molar-refractivity contribution is 0.175. The monoisotopic (exact) mass is 294 g/mol. The van der Waals surface area contributed by atoms with Crippen molar-refractivity contribution in [3.05, 3.63) is 64.4 Å². The lowest BCUT2D eigenvalue weighted by Crippen LogP contribution is -2.14. The first-order chi connectivity index (χ1) is 9.58. The second kappa shape index (κ2) is 6.73. The molecule has 2 aromatic carbocycles. The van der Waals surface area contributed by atoms with Crippen LogP contribution in [0, 0.1) is 5.82 Å². The number of benzene rings is 2. The molecular weight excluding hydrogens is 279 g/mol. The summed E-state index contributed by atoms with van der Waals surface area (Å²) in [4.78, 5) is 0. The molecule has 0 amide bonds. The van der Waals surface area contributed by atoms with E-state index in [1.807, 2.05) is 24.3 Å². The van der Waals surface area contributed by atoms with E-state index in [0.29, 0.717) is 23.4 Å². The Labute approximate surface area is 122 Å². The van der Waals surface area contributed by atoms with Crippen LogP contribution in [0.15, 0.2) is 42.5 Å². The van der Waals surface area contributed by atoms with Gasteiger partial charge in [-0.1, -0.05) is 23.7 Å². The fourth-order valence-corrected chi connectivity index (χ4v) is 2.25. The molecule has 20 heavy (non-hydrogen) atoms. The number of hydrogen-bond donors (Lipinski definition) is 1. The van der Waals surface area contributed by atoms with Crippen molar-refractivity contribution in [1.29, 1.82) is 0 Å². The van der Waals surface area contributed by atoms with Crippen molar-refractivity contribution < 1.29 is 14.2 Å². The zero-order valence-corrected chi connectivity index (χ0v) is 11.9. The summed E-state index contributed by atoms with van der Waals surface area (Å²) in [6, 6.07) is 11.7. The van der Waals surface area contributed by atoms with E-state index in [-0.39, 0.29) is 5.82 Å². The Morgan fingerprint density at radius 3 is 2.50 bits per heavy atom. The number of hydrogen-bond acceptors (Lipinski definition) is 2. The Hall–Kier alpha value is -1.58. The van der Waals surface area contributed by atoms with Crippen molar-refractivity contribution in [2.45, 2.75) is 18.9 Å². The summed E-state index contributed by atoms with van der Waals surface area (Å²) in [6.45, 7) is 0. The molecule has 1 atom stereocenters. The molecule has 106 valence electrons. The Bertz CT molecular complexity index is 569. The van der Waals surface area contributed by atoms with E-state index in [4.69, 9.17) is 16.3 Å². The summed E-state index contributed by atoms with van der Waals surface area (Å²) in [7, 11) is 1.61. The van der Waals surface area contributed by atoms with Crippen LogP contribution in [0.3, 0.4) is 0 Å². The fraction of sp³-hybridized carbons (Fsp3) is 0.250. The third-order valence-corrected chi connectivity index (χ3v) is 3.46. The predicted molar refractivity (Wildman–Crippen MR) is 77.8 cm³/mol. The van der Waals surface area contributed by atoms with Gasteiger partial charge in [-0.25, -0.2) is 4.39 Å². The van der Waals surface area contributed by atoms with Crippen LogP contribution in [0.2, 0.25) is 5.02 Å². The zero-order valence-electron chi connectivity index (χ0n) is 11.1. The highest BCUT2D eigenvalue weighted by Gasteiger charge is 2.10. The van der Waals surface area contributed by atoms with Crippen molar-refractivity contribution in [2.75, 3.05) is 7.11 Å². The molecule has 2 rings (SSSR count). The molecule has 2 nitrogen and oxygen atoms in total. The molecule has 0 aliphatic rings. The van der Waals surface area contributed by atoms with E-state index in [2.05, 4.69) is 0 Å². The normalized spacial score (nSPS) is 12.2. The molecule has 1 unspecified atom stereocenters. The van der Waals surface area contributed by atoms with Gasteiger partial charge in [0.15, 0.2) is 0 Å². The smallest absolute Gasteiger partial charge is 0.123 e. The Kier molecular flexibility index (Phi) is 4.99.